The Morgan fingerprint density at radius 3 is 2.61 bits per heavy atom. The lowest BCUT2D eigenvalue weighted by Crippen LogP contribution is -2.51. The molecule has 1 aromatic heterocycles. The van der Waals surface area contributed by atoms with E-state index in [0.717, 1.165) is 12.7 Å². The molecule has 1 saturated heterocycles. The van der Waals surface area contributed by atoms with Gasteiger partial charge in [0.2, 0.25) is 16.0 Å². The second-order valence-corrected chi connectivity index (χ2v) is 13.6. The molecule has 3 aromatic rings. The highest BCUT2D eigenvalue weighted by Gasteiger charge is 2.33. The molecule has 0 saturated carbocycles. The summed E-state index contributed by atoms with van der Waals surface area (Å²) in [5, 5.41) is 8.38. The molecule has 1 aliphatic heterocycles. The van der Waals surface area contributed by atoms with Crippen LogP contribution in [0.15, 0.2) is 52.4 Å². The van der Waals surface area contributed by atoms with Crippen LogP contribution in [0.3, 0.4) is 0 Å². The zero-order chi connectivity index (χ0) is 33.6. The van der Waals surface area contributed by atoms with Crippen molar-refractivity contribution in [3.63, 3.8) is 0 Å². The third kappa shape index (κ3) is 8.41. The summed E-state index contributed by atoms with van der Waals surface area (Å²) < 4.78 is 37.0. The van der Waals surface area contributed by atoms with Gasteiger partial charge < -0.3 is 34.9 Å². The number of aldehydes is 1. The molecular weight excluding hydrogens is 612 g/mol. The Morgan fingerprint density at radius 2 is 1.98 bits per heavy atom. The summed E-state index contributed by atoms with van der Waals surface area (Å²) in [5.41, 5.74) is 8.45. The molecule has 0 radical (unpaired) electrons. The van der Waals surface area contributed by atoms with Gasteiger partial charge in [0, 0.05) is 31.7 Å². The van der Waals surface area contributed by atoms with Crippen molar-refractivity contribution in [1.82, 2.24) is 19.8 Å². The van der Waals surface area contributed by atoms with Gasteiger partial charge in [0.05, 0.1) is 35.1 Å². The summed E-state index contributed by atoms with van der Waals surface area (Å²) in [4.78, 5) is 35.9. The Hall–Kier alpha value is -4.47. The number of carbonyl (C=O) groups is 2. The van der Waals surface area contributed by atoms with Gasteiger partial charge in [-0.1, -0.05) is 12.2 Å². The molecular formula is C31H42N8O6S. The Kier molecular flexibility index (Phi) is 10.7. The fourth-order valence-electron chi connectivity index (χ4n) is 5.09. The molecule has 1 amide bonds. The van der Waals surface area contributed by atoms with Crippen LogP contribution in [0.4, 0.5) is 22.1 Å². The minimum absolute atomic E-state index is 0.0488. The molecule has 0 spiro atoms. The summed E-state index contributed by atoms with van der Waals surface area (Å²) in [6.45, 7) is 11.9. The van der Waals surface area contributed by atoms with Crippen molar-refractivity contribution < 1.29 is 27.5 Å². The van der Waals surface area contributed by atoms with Gasteiger partial charge in [0.25, 0.3) is 0 Å². The van der Waals surface area contributed by atoms with E-state index < -0.39 is 15.6 Å². The van der Waals surface area contributed by atoms with Crippen LogP contribution < -0.4 is 25.8 Å². The van der Waals surface area contributed by atoms with E-state index in [1.54, 1.807) is 30.1 Å². The Labute approximate surface area is 269 Å². The number of nitrogen functional groups attached to an aromatic ring is 1. The lowest BCUT2D eigenvalue weighted by atomic mass is 9.97. The first kappa shape index (κ1) is 34.4. The van der Waals surface area contributed by atoms with Gasteiger partial charge in [-0.25, -0.2) is 23.3 Å². The Morgan fingerprint density at radius 1 is 1.24 bits per heavy atom. The van der Waals surface area contributed by atoms with E-state index in [4.69, 9.17) is 20.3 Å². The molecule has 1 aliphatic rings. The number of benzene rings is 2. The van der Waals surface area contributed by atoms with E-state index in [9.17, 15) is 18.0 Å². The van der Waals surface area contributed by atoms with Crippen LogP contribution in [0.5, 0.6) is 5.75 Å². The number of likely N-dealkylation sites (tertiary alicyclic amines) is 1. The maximum Gasteiger partial charge on any atom is 0.410 e. The van der Waals surface area contributed by atoms with Crippen LogP contribution in [-0.2, 0) is 21.3 Å². The monoisotopic (exact) mass is 654 g/mol. The van der Waals surface area contributed by atoms with Gasteiger partial charge in [-0.2, -0.15) is 0 Å². The van der Waals surface area contributed by atoms with Crippen molar-refractivity contribution in [3.05, 3.63) is 48.0 Å². The number of nitrogens with one attached hydrogen (secondary N) is 1. The summed E-state index contributed by atoms with van der Waals surface area (Å²) in [6, 6.07) is 7.80. The predicted molar refractivity (Wildman–Crippen MR) is 178 cm³/mol. The number of anilines is 2. The number of rotatable bonds is 14. The van der Waals surface area contributed by atoms with Gasteiger partial charge >= 0.3 is 6.09 Å². The molecule has 0 bridgehead atoms. The smallest absolute Gasteiger partial charge is 0.410 e. The number of fused-ring (bicyclic) bond motifs is 1. The zero-order valence-corrected chi connectivity index (χ0v) is 27.4. The molecule has 1 fully saturated rings. The number of hydrogen-bond acceptors (Lipinski definition) is 11. The second kappa shape index (κ2) is 14.3. The Balaban J connectivity index is 1.45. The van der Waals surface area contributed by atoms with E-state index in [1.807, 2.05) is 42.4 Å². The molecule has 0 atom stereocenters. The van der Waals surface area contributed by atoms with E-state index in [1.165, 1.54) is 12.1 Å². The predicted octanol–water partition coefficient (Wildman–Crippen LogP) is 3.29. The number of amides is 1. The first-order valence-corrected chi connectivity index (χ1v) is 16.3. The van der Waals surface area contributed by atoms with Crippen LogP contribution in [0, 0.1) is 5.92 Å². The first-order chi connectivity index (χ1) is 21.7. The van der Waals surface area contributed by atoms with Gasteiger partial charge in [-0.3, -0.25) is 9.79 Å². The standard InChI is InChI=1S/C31H42N8O6S/c1-31(2,3)45-30(41)38-17-21(18-38)10-13-44-27-15-22(19-40)14-25-28(27)39(29(32)36-25)12-7-6-11-37(20-34-4)26-9-8-23(46(33,42)43)16-24(26)35-5/h6-9,14-16,19,21,34H,5,10-13,17-18,20H2,1-4H3,(H2,32,36)(H2,33,42,43)/b7-6+. The summed E-state index contributed by atoms with van der Waals surface area (Å²) in [7, 11) is -2.09. The average Bonchev–Trinajstić information content (AvgIpc) is 3.28. The summed E-state index contributed by atoms with van der Waals surface area (Å²) in [6.07, 6.45) is 5.01. The molecule has 0 unspecified atom stereocenters. The van der Waals surface area contributed by atoms with Crippen molar-refractivity contribution in [2.45, 2.75) is 44.2 Å². The number of allylic oxidation sites excluding steroid dienone is 1. The van der Waals surface area contributed by atoms with Crippen LogP contribution in [0.1, 0.15) is 37.6 Å². The van der Waals surface area contributed by atoms with E-state index in [0.29, 0.717) is 73.2 Å². The number of carbonyl (C=O) groups excluding carboxylic acids is 2. The van der Waals surface area contributed by atoms with E-state index in [2.05, 4.69) is 22.0 Å². The second-order valence-electron chi connectivity index (χ2n) is 12.0. The topological polar surface area (TPSA) is 187 Å². The van der Waals surface area contributed by atoms with Crippen LogP contribution in [0.25, 0.3) is 11.0 Å². The third-order valence-electron chi connectivity index (χ3n) is 7.30. The summed E-state index contributed by atoms with van der Waals surface area (Å²) >= 11 is 0. The zero-order valence-electron chi connectivity index (χ0n) is 26.6. The number of imidazole rings is 1. The number of nitrogens with two attached hydrogens (primary N) is 2. The minimum Gasteiger partial charge on any atom is -0.491 e. The maximum atomic E-state index is 12.2. The fourth-order valence-corrected chi connectivity index (χ4v) is 5.62. The summed E-state index contributed by atoms with van der Waals surface area (Å²) in [5.74, 6) is 1.04. The molecule has 15 heteroatoms. The molecule has 2 heterocycles. The normalized spacial score (nSPS) is 14.0. The first-order valence-electron chi connectivity index (χ1n) is 14.8. The van der Waals surface area contributed by atoms with Crippen molar-refractivity contribution >= 4 is 57.5 Å². The number of hydrogen-bond donors (Lipinski definition) is 3. The number of nitrogens with zero attached hydrogens (tertiary/aromatic N) is 5. The lowest BCUT2D eigenvalue weighted by molar-refractivity contribution is -0.00381. The molecule has 46 heavy (non-hydrogen) atoms. The number of aliphatic imine (C=N–C) groups is 1. The van der Waals surface area contributed by atoms with Crippen LogP contribution in [0.2, 0.25) is 0 Å². The molecule has 248 valence electrons. The Bertz CT molecular complexity index is 1720. The van der Waals surface area contributed by atoms with E-state index in [-0.39, 0.29) is 22.9 Å². The van der Waals surface area contributed by atoms with Crippen LogP contribution >= 0.6 is 0 Å². The highest BCUT2D eigenvalue weighted by Crippen LogP contribution is 2.32. The highest BCUT2D eigenvalue weighted by molar-refractivity contribution is 7.89. The van der Waals surface area contributed by atoms with Gasteiger partial charge in [0.15, 0.2) is 0 Å². The van der Waals surface area contributed by atoms with E-state index >= 15 is 0 Å². The highest BCUT2D eigenvalue weighted by atomic mass is 32.2. The van der Waals surface area contributed by atoms with Crippen LogP contribution in [-0.4, -0.2) is 87.5 Å². The van der Waals surface area contributed by atoms with Gasteiger partial charge in [-0.15, -0.1) is 0 Å². The van der Waals surface area contributed by atoms with Gasteiger partial charge in [-0.05, 0) is 77.2 Å². The average molecular weight is 655 g/mol. The largest absolute Gasteiger partial charge is 0.491 e. The quantitative estimate of drug-likeness (QED) is 0.101. The minimum atomic E-state index is -3.89. The lowest BCUT2D eigenvalue weighted by Gasteiger charge is -2.39. The maximum absolute atomic E-state index is 12.2. The number of aromatic nitrogens is 2. The SMILES string of the molecule is C=Nc1cc(S(N)(=O)=O)ccc1N(C/C=C/Cn1c(N)nc2cc(C=O)cc(OCCC3CN(C(=O)OC(C)(C)C)C3)c21)CNC. The van der Waals surface area contributed by atoms with Crippen molar-refractivity contribution in [1.29, 1.82) is 0 Å². The number of ether oxygens (including phenoxy) is 2. The third-order valence-corrected chi connectivity index (χ3v) is 8.21. The van der Waals surface area contributed by atoms with Crippen molar-refractivity contribution in [2.75, 3.05) is 50.6 Å². The molecule has 4 rings (SSSR count). The molecule has 2 aromatic carbocycles. The number of primary sulfonamides is 1. The van der Waals surface area contributed by atoms with Gasteiger partial charge in [0.1, 0.15) is 23.2 Å². The van der Waals surface area contributed by atoms with Crippen molar-refractivity contribution in [2.24, 2.45) is 16.0 Å². The van der Waals surface area contributed by atoms with Crippen molar-refractivity contribution in [3.8, 4) is 5.75 Å². The molecule has 5 N–H and O–H groups in total. The molecule has 14 nitrogen and oxygen atoms in total. The molecule has 0 aliphatic carbocycles. The number of sulfonamides is 1. The fraction of sp³-hybridized carbons (Fsp3) is 0.419.